The molecular formula is C13H12BrFN2O2. The maximum Gasteiger partial charge on any atom is 0.355 e. The zero-order valence-corrected chi connectivity index (χ0v) is 11.8. The molecule has 0 aliphatic rings. The molecule has 1 aromatic heterocycles. The number of carboxylic acid groups (broad SMARTS) is 1. The van der Waals surface area contributed by atoms with Crippen molar-refractivity contribution in [3.8, 4) is 5.69 Å². The van der Waals surface area contributed by atoms with Gasteiger partial charge >= 0.3 is 5.97 Å². The van der Waals surface area contributed by atoms with E-state index >= 15 is 0 Å². The highest BCUT2D eigenvalue weighted by atomic mass is 79.9. The maximum atomic E-state index is 12.9. The Morgan fingerprint density at radius 3 is 2.58 bits per heavy atom. The minimum atomic E-state index is -1.08. The summed E-state index contributed by atoms with van der Waals surface area (Å²) in [5.41, 5.74) is 1.25. The van der Waals surface area contributed by atoms with Crippen molar-refractivity contribution < 1.29 is 14.3 Å². The van der Waals surface area contributed by atoms with Crippen LogP contribution in [0.4, 0.5) is 4.39 Å². The number of aromatic nitrogens is 2. The lowest BCUT2D eigenvalue weighted by Gasteiger charge is -2.04. The number of aryl methyl sites for hydroxylation is 1. The summed E-state index contributed by atoms with van der Waals surface area (Å²) in [4.78, 5) is 11.3. The molecule has 1 heterocycles. The number of carbonyl (C=O) groups is 1. The molecule has 1 aromatic carbocycles. The average Bonchev–Trinajstić information content (AvgIpc) is 2.68. The molecule has 6 heteroatoms. The first-order valence-corrected chi connectivity index (χ1v) is 6.60. The van der Waals surface area contributed by atoms with Gasteiger partial charge in [0, 0.05) is 0 Å². The van der Waals surface area contributed by atoms with Gasteiger partial charge in [-0.05, 0) is 46.6 Å². The van der Waals surface area contributed by atoms with Crippen LogP contribution in [-0.4, -0.2) is 20.9 Å². The fraction of sp³-hybridized carbons (Fsp3) is 0.231. The summed E-state index contributed by atoms with van der Waals surface area (Å²) in [6.45, 7) is 1.99. The highest BCUT2D eigenvalue weighted by Crippen LogP contribution is 2.25. The smallest absolute Gasteiger partial charge is 0.355 e. The molecule has 0 amide bonds. The molecule has 0 spiro atoms. The predicted octanol–water partition coefficient (Wildman–Crippen LogP) is 3.42. The molecule has 0 saturated carbocycles. The highest BCUT2D eigenvalue weighted by molar-refractivity contribution is 9.10. The number of benzene rings is 1. The molecule has 0 bridgehead atoms. The SMILES string of the molecule is CCCc1nn(-c2ccc(F)cc2)c(C(=O)O)c1Br. The van der Waals surface area contributed by atoms with E-state index in [9.17, 15) is 14.3 Å². The molecule has 19 heavy (non-hydrogen) atoms. The number of carboxylic acids is 1. The minimum Gasteiger partial charge on any atom is -0.476 e. The Morgan fingerprint density at radius 2 is 2.05 bits per heavy atom. The van der Waals surface area contributed by atoms with Crippen LogP contribution in [0.1, 0.15) is 29.5 Å². The Kier molecular flexibility index (Phi) is 3.99. The molecule has 0 unspecified atom stereocenters. The van der Waals surface area contributed by atoms with E-state index < -0.39 is 5.97 Å². The van der Waals surface area contributed by atoms with E-state index in [0.29, 0.717) is 22.3 Å². The molecule has 0 aliphatic heterocycles. The van der Waals surface area contributed by atoms with Gasteiger partial charge in [-0.2, -0.15) is 5.10 Å². The number of halogens is 2. The summed E-state index contributed by atoms with van der Waals surface area (Å²) in [6, 6.07) is 5.54. The fourth-order valence-corrected chi connectivity index (χ4v) is 2.41. The van der Waals surface area contributed by atoms with Gasteiger partial charge < -0.3 is 5.11 Å². The second-order valence-electron chi connectivity index (χ2n) is 4.05. The van der Waals surface area contributed by atoms with E-state index in [1.54, 1.807) is 0 Å². The molecule has 0 fully saturated rings. The minimum absolute atomic E-state index is 0.0510. The van der Waals surface area contributed by atoms with Gasteiger partial charge in [0.25, 0.3) is 0 Å². The Morgan fingerprint density at radius 1 is 1.42 bits per heavy atom. The third-order valence-corrected chi connectivity index (χ3v) is 3.49. The van der Waals surface area contributed by atoms with Crippen LogP contribution in [-0.2, 0) is 6.42 Å². The lowest BCUT2D eigenvalue weighted by Crippen LogP contribution is -2.08. The van der Waals surface area contributed by atoms with Crippen molar-refractivity contribution in [2.24, 2.45) is 0 Å². The van der Waals surface area contributed by atoms with Crippen molar-refractivity contribution in [1.82, 2.24) is 9.78 Å². The predicted molar refractivity (Wildman–Crippen MR) is 72.2 cm³/mol. The molecule has 0 aliphatic carbocycles. The Labute approximate surface area is 118 Å². The van der Waals surface area contributed by atoms with Gasteiger partial charge in [0.1, 0.15) is 5.82 Å². The van der Waals surface area contributed by atoms with E-state index in [1.165, 1.54) is 28.9 Å². The van der Waals surface area contributed by atoms with Crippen molar-refractivity contribution in [2.75, 3.05) is 0 Å². The van der Waals surface area contributed by atoms with Crippen LogP contribution < -0.4 is 0 Å². The number of hydrogen-bond donors (Lipinski definition) is 1. The fourth-order valence-electron chi connectivity index (χ4n) is 1.79. The molecule has 0 atom stereocenters. The van der Waals surface area contributed by atoms with Gasteiger partial charge in [0.05, 0.1) is 15.9 Å². The van der Waals surface area contributed by atoms with Crippen molar-refractivity contribution >= 4 is 21.9 Å². The lowest BCUT2D eigenvalue weighted by molar-refractivity contribution is 0.0686. The molecule has 2 rings (SSSR count). The first-order chi connectivity index (χ1) is 9.04. The highest BCUT2D eigenvalue weighted by Gasteiger charge is 2.21. The van der Waals surface area contributed by atoms with Crippen LogP contribution in [0.5, 0.6) is 0 Å². The largest absolute Gasteiger partial charge is 0.476 e. The monoisotopic (exact) mass is 326 g/mol. The number of nitrogens with zero attached hydrogens (tertiary/aromatic N) is 2. The van der Waals surface area contributed by atoms with Gasteiger partial charge in [-0.15, -0.1) is 0 Å². The van der Waals surface area contributed by atoms with E-state index in [2.05, 4.69) is 21.0 Å². The second-order valence-corrected chi connectivity index (χ2v) is 4.85. The van der Waals surface area contributed by atoms with Gasteiger partial charge in [0.2, 0.25) is 0 Å². The van der Waals surface area contributed by atoms with E-state index in [1.807, 2.05) is 6.92 Å². The molecule has 4 nitrogen and oxygen atoms in total. The van der Waals surface area contributed by atoms with Gasteiger partial charge in [-0.3, -0.25) is 0 Å². The van der Waals surface area contributed by atoms with Crippen molar-refractivity contribution in [3.63, 3.8) is 0 Å². The van der Waals surface area contributed by atoms with Crippen LogP contribution in [0, 0.1) is 5.82 Å². The molecule has 0 radical (unpaired) electrons. The average molecular weight is 327 g/mol. The van der Waals surface area contributed by atoms with Crippen LogP contribution in [0.2, 0.25) is 0 Å². The molecular weight excluding hydrogens is 315 g/mol. The van der Waals surface area contributed by atoms with E-state index in [-0.39, 0.29) is 11.5 Å². The Bertz CT molecular complexity index is 608. The Balaban J connectivity index is 2.58. The van der Waals surface area contributed by atoms with Crippen LogP contribution in [0.25, 0.3) is 5.69 Å². The third kappa shape index (κ3) is 2.68. The maximum absolute atomic E-state index is 12.9. The number of rotatable bonds is 4. The number of hydrogen-bond acceptors (Lipinski definition) is 2. The summed E-state index contributed by atoms with van der Waals surface area (Å²) in [6.07, 6.45) is 1.53. The summed E-state index contributed by atoms with van der Waals surface area (Å²) >= 11 is 3.28. The molecule has 2 aromatic rings. The first-order valence-electron chi connectivity index (χ1n) is 5.81. The zero-order chi connectivity index (χ0) is 14.0. The molecule has 0 saturated heterocycles. The number of aromatic carboxylic acids is 1. The summed E-state index contributed by atoms with van der Waals surface area (Å²) < 4.78 is 14.7. The van der Waals surface area contributed by atoms with Gasteiger partial charge in [-0.1, -0.05) is 13.3 Å². The first kappa shape index (κ1) is 13.7. The third-order valence-electron chi connectivity index (χ3n) is 2.65. The van der Waals surface area contributed by atoms with Crippen LogP contribution >= 0.6 is 15.9 Å². The van der Waals surface area contributed by atoms with Crippen molar-refractivity contribution in [2.45, 2.75) is 19.8 Å². The van der Waals surface area contributed by atoms with E-state index in [0.717, 1.165) is 6.42 Å². The summed E-state index contributed by atoms with van der Waals surface area (Å²) in [5.74, 6) is -1.45. The summed E-state index contributed by atoms with van der Waals surface area (Å²) in [5, 5.41) is 13.6. The summed E-state index contributed by atoms with van der Waals surface area (Å²) in [7, 11) is 0. The van der Waals surface area contributed by atoms with Crippen LogP contribution in [0.15, 0.2) is 28.7 Å². The van der Waals surface area contributed by atoms with Gasteiger partial charge in [-0.25, -0.2) is 13.9 Å². The normalized spacial score (nSPS) is 10.7. The molecule has 1 N–H and O–H groups in total. The van der Waals surface area contributed by atoms with Crippen molar-refractivity contribution in [1.29, 1.82) is 0 Å². The van der Waals surface area contributed by atoms with Crippen LogP contribution in [0.3, 0.4) is 0 Å². The zero-order valence-electron chi connectivity index (χ0n) is 10.2. The Hall–Kier alpha value is -1.69. The quantitative estimate of drug-likeness (QED) is 0.936. The van der Waals surface area contributed by atoms with Crippen molar-refractivity contribution in [3.05, 3.63) is 45.9 Å². The molecule has 100 valence electrons. The second kappa shape index (κ2) is 5.52. The lowest BCUT2D eigenvalue weighted by atomic mass is 10.2. The van der Waals surface area contributed by atoms with Gasteiger partial charge in [0.15, 0.2) is 5.69 Å². The topological polar surface area (TPSA) is 55.1 Å². The standard InChI is InChI=1S/C13H12BrFN2O2/c1-2-3-10-11(14)12(13(18)19)17(16-10)9-6-4-8(15)5-7-9/h4-7H,2-3H2,1H3,(H,18,19). The van der Waals surface area contributed by atoms with E-state index in [4.69, 9.17) is 0 Å².